The first kappa shape index (κ1) is 7.53. The van der Waals surface area contributed by atoms with E-state index in [0.29, 0.717) is 5.92 Å². The van der Waals surface area contributed by atoms with Crippen molar-refractivity contribution in [2.24, 2.45) is 11.8 Å². The molecule has 0 aromatic heterocycles. The average molecular weight is 159 g/mol. The summed E-state index contributed by atoms with van der Waals surface area (Å²) in [5, 5.41) is 0. The van der Waals surface area contributed by atoms with E-state index >= 15 is 0 Å². The van der Waals surface area contributed by atoms with Crippen molar-refractivity contribution < 1.29 is 4.79 Å². The SMILES string of the molecule is O=[C]C1CC1Cc1ccccc1. The Morgan fingerprint density at radius 2 is 2.08 bits per heavy atom. The Kier molecular flexibility index (Phi) is 1.94. The number of rotatable bonds is 3. The van der Waals surface area contributed by atoms with Crippen molar-refractivity contribution in [3.63, 3.8) is 0 Å². The fourth-order valence-corrected chi connectivity index (χ4v) is 1.53. The summed E-state index contributed by atoms with van der Waals surface area (Å²) >= 11 is 0. The van der Waals surface area contributed by atoms with Crippen LogP contribution >= 0.6 is 0 Å². The predicted octanol–water partition coefficient (Wildman–Crippen LogP) is 1.97. The molecule has 0 bridgehead atoms. The molecule has 0 amide bonds. The van der Waals surface area contributed by atoms with Crippen LogP contribution in [0.5, 0.6) is 0 Å². The summed E-state index contributed by atoms with van der Waals surface area (Å²) in [6.45, 7) is 0. The summed E-state index contributed by atoms with van der Waals surface area (Å²) in [5.74, 6) is 0.801. The molecular formula is C11H11O. The zero-order valence-corrected chi connectivity index (χ0v) is 6.86. The third kappa shape index (κ3) is 1.55. The molecular weight excluding hydrogens is 148 g/mol. The highest BCUT2D eigenvalue weighted by Crippen LogP contribution is 2.39. The van der Waals surface area contributed by atoms with Crippen molar-refractivity contribution in [2.75, 3.05) is 0 Å². The largest absolute Gasteiger partial charge is 0.291 e. The van der Waals surface area contributed by atoms with Gasteiger partial charge < -0.3 is 0 Å². The van der Waals surface area contributed by atoms with Crippen LogP contribution in [-0.2, 0) is 11.2 Å². The molecule has 1 aliphatic rings. The summed E-state index contributed by atoms with van der Waals surface area (Å²) in [4.78, 5) is 10.2. The smallest absolute Gasteiger partial charge is 0.202 e. The number of hydrogen-bond acceptors (Lipinski definition) is 1. The Morgan fingerprint density at radius 3 is 2.67 bits per heavy atom. The average Bonchev–Trinajstić information content (AvgIpc) is 2.85. The Morgan fingerprint density at radius 1 is 1.33 bits per heavy atom. The molecule has 0 aliphatic heterocycles. The molecule has 1 fully saturated rings. The van der Waals surface area contributed by atoms with Gasteiger partial charge in [-0.2, -0.15) is 0 Å². The van der Waals surface area contributed by atoms with Crippen LogP contribution in [0.3, 0.4) is 0 Å². The highest BCUT2D eigenvalue weighted by molar-refractivity contribution is 5.59. The van der Waals surface area contributed by atoms with E-state index in [2.05, 4.69) is 18.4 Å². The maximum absolute atomic E-state index is 10.2. The predicted molar refractivity (Wildman–Crippen MR) is 47.4 cm³/mol. The molecule has 1 aliphatic carbocycles. The van der Waals surface area contributed by atoms with Crippen molar-refractivity contribution in [2.45, 2.75) is 12.8 Å². The monoisotopic (exact) mass is 159 g/mol. The third-order valence-electron chi connectivity index (χ3n) is 2.41. The van der Waals surface area contributed by atoms with E-state index in [9.17, 15) is 4.79 Å². The molecule has 0 saturated heterocycles. The van der Waals surface area contributed by atoms with Gasteiger partial charge in [0.25, 0.3) is 0 Å². The summed E-state index contributed by atoms with van der Waals surface area (Å²) < 4.78 is 0. The van der Waals surface area contributed by atoms with Gasteiger partial charge in [0.05, 0.1) is 0 Å². The summed E-state index contributed by atoms with van der Waals surface area (Å²) in [5.41, 5.74) is 1.33. The Balaban J connectivity index is 1.93. The van der Waals surface area contributed by atoms with Gasteiger partial charge in [0, 0.05) is 5.92 Å². The van der Waals surface area contributed by atoms with Crippen LogP contribution < -0.4 is 0 Å². The fourth-order valence-electron chi connectivity index (χ4n) is 1.53. The van der Waals surface area contributed by atoms with Gasteiger partial charge in [-0.1, -0.05) is 30.3 Å². The molecule has 1 nitrogen and oxygen atoms in total. The molecule has 0 heterocycles. The van der Waals surface area contributed by atoms with E-state index in [4.69, 9.17) is 0 Å². The lowest BCUT2D eigenvalue weighted by molar-refractivity contribution is 0.544. The minimum atomic E-state index is 0.227. The second-order valence-electron chi connectivity index (χ2n) is 3.41. The third-order valence-corrected chi connectivity index (χ3v) is 2.41. The molecule has 12 heavy (non-hydrogen) atoms. The molecule has 2 atom stereocenters. The van der Waals surface area contributed by atoms with Gasteiger partial charge in [0.1, 0.15) is 0 Å². The Labute approximate surface area is 72.4 Å². The van der Waals surface area contributed by atoms with Crippen LogP contribution in [0, 0.1) is 11.8 Å². The van der Waals surface area contributed by atoms with E-state index in [1.807, 2.05) is 18.2 Å². The zero-order chi connectivity index (χ0) is 8.39. The molecule has 1 heteroatoms. The second kappa shape index (κ2) is 3.10. The Bertz CT molecular complexity index is 266. The van der Waals surface area contributed by atoms with Gasteiger partial charge in [-0.25, -0.2) is 0 Å². The Hall–Kier alpha value is -1.11. The molecule has 2 unspecified atom stereocenters. The lowest BCUT2D eigenvalue weighted by atomic mass is 10.1. The van der Waals surface area contributed by atoms with Gasteiger partial charge in [0.15, 0.2) is 0 Å². The maximum Gasteiger partial charge on any atom is 0.202 e. The van der Waals surface area contributed by atoms with E-state index in [1.54, 1.807) is 0 Å². The van der Waals surface area contributed by atoms with Gasteiger partial charge in [0.2, 0.25) is 6.29 Å². The highest BCUT2D eigenvalue weighted by Gasteiger charge is 2.37. The number of benzene rings is 1. The van der Waals surface area contributed by atoms with Crippen LogP contribution in [-0.4, -0.2) is 6.29 Å². The summed E-state index contributed by atoms with van der Waals surface area (Å²) in [6.07, 6.45) is 4.14. The van der Waals surface area contributed by atoms with Crippen molar-refractivity contribution in [1.82, 2.24) is 0 Å². The molecule has 0 N–H and O–H groups in total. The highest BCUT2D eigenvalue weighted by atomic mass is 16.1. The molecule has 2 rings (SSSR count). The first-order valence-electron chi connectivity index (χ1n) is 4.32. The van der Waals surface area contributed by atoms with Gasteiger partial charge >= 0.3 is 0 Å². The zero-order valence-electron chi connectivity index (χ0n) is 6.86. The van der Waals surface area contributed by atoms with E-state index in [0.717, 1.165) is 12.8 Å². The lowest BCUT2D eigenvalue weighted by Crippen LogP contribution is -1.89. The van der Waals surface area contributed by atoms with E-state index < -0.39 is 0 Å². The summed E-state index contributed by atoms with van der Waals surface area (Å²) in [6, 6.07) is 10.3. The van der Waals surface area contributed by atoms with Gasteiger partial charge in [-0.05, 0) is 24.3 Å². The minimum absolute atomic E-state index is 0.227. The normalized spacial score (nSPS) is 26.7. The first-order chi connectivity index (χ1) is 5.90. The van der Waals surface area contributed by atoms with Crippen molar-refractivity contribution in [3.05, 3.63) is 35.9 Å². The second-order valence-corrected chi connectivity index (χ2v) is 3.41. The van der Waals surface area contributed by atoms with Crippen molar-refractivity contribution in [1.29, 1.82) is 0 Å². The quantitative estimate of drug-likeness (QED) is 0.659. The molecule has 1 saturated carbocycles. The van der Waals surface area contributed by atoms with E-state index in [-0.39, 0.29) is 5.92 Å². The standard InChI is InChI=1S/C11H11O/c12-8-11-7-10(11)6-9-4-2-1-3-5-9/h1-5,10-11H,6-7H2. The van der Waals surface area contributed by atoms with Crippen LogP contribution in [0.4, 0.5) is 0 Å². The van der Waals surface area contributed by atoms with Crippen LogP contribution in [0.1, 0.15) is 12.0 Å². The van der Waals surface area contributed by atoms with Crippen LogP contribution in [0.25, 0.3) is 0 Å². The van der Waals surface area contributed by atoms with Crippen molar-refractivity contribution >= 4 is 6.29 Å². The maximum atomic E-state index is 10.2. The van der Waals surface area contributed by atoms with Gasteiger partial charge in [-0.15, -0.1) is 0 Å². The number of hydrogen-bond donors (Lipinski definition) is 0. The van der Waals surface area contributed by atoms with Gasteiger partial charge in [-0.3, -0.25) is 4.79 Å². The van der Waals surface area contributed by atoms with Crippen molar-refractivity contribution in [3.8, 4) is 0 Å². The fraction of sp³-hybridized carbons (Fsp3) is 0.364. The molecule has 1 radical (unpaired) electrons. The summed E-state index contributed by atoms with van der Waals surface area (Å²) in [7, 11) is 0. The van der Waals surface area contributed by atoms with Crippen LogP contribution in [0.2, 0.25) is 0 Å². The number of carbonyl (C=O) groups excluding carboxylic acids is 1. The molecule has 1 aromatic carbocycles. The molecule has 61 valence electrons. The minimum Gasteiger partial charge on any atom is -0.291 e. The van der Waals surface area contributed by atoms with Crippen LogP contribution in [0.15, 0.2) is 30.3 Å². The lowest BCUT2D eigenvalue weighted by Gasteiger charge is -1.96. The topological polar surface area (TPSA) is 17.1 Å². The first-order valence-corrected chi connectivity index (χ1v) is 4.32. The molecule has 1 aromatic rings. The molecule has 0 spiro atoms. The van der Waals surface area contributed by atoms with E-state index in [1.165, 1.54) is 5.56 Å².